The van der Waals surface area contributed by atoms with Gasteiger partial charge in [-0.25, -0.2) is 0 Å². The number of rotatable bonds is 6. The van der Waals surface area contributed by atoms with Crippen molar-refractivity contribution in [3.05, 3.63) is 34.9 Å². The van der Waals surface area contributed by atoms with Crippen molar-refractivity contribution in [2.75, 3.05) is 26.8 Å². The first-order valence-electron chi connectivity index (χ1n) is 6.13. The first-order valence-corrected chi connectivity index (χ1v) is 6.51. The van der Waals surface area contributed by atoms with Crippen LogP contribution < -0.4 is 5.32 Å². The lowest BCUT2D eigenvalue weighted by Crippen LogP contribution is -2.24. The van der Waals surface area contributed by atoms with E-state index < -0.39 is 0 Å². The van der Waals surface area contributed by atoms with E-state index >= 15 is 0 Å². The monoisotopic (exact) mass is 253 g/mol. The number of nitrogens with one attached hydrogen (secondary N) is 1. The number of hydrogen-bond donors (Lipinski definition) is 1. The van der Waals surface area contributed by atoms with Crippen molar-refractivity contribution >= 4 is 11.6 Å². The van der Waals surface area contributed by atoms with Crippen LogP contribution in [0.3, 0.4) is 0 Å². The van der Waals surface area contributed by atoms with Gasteiger partial charge in [0.15, 0.2) is 0 Å². The Labute approximate surface area is 108 Å². The minimum Gasteiger partial charge on any atom is -0.383 e. The van der Waals surface area contributed by atoms with Gasteiger partial charge in [-0.2, -0.15) is 0 Å². The van der Waals surface area contributed by atoms with Gasteiger partial charge in [-0.05, 0) is 35.9 Å². The van der Waals surface area contributed by atoms with Crippen LogP contribution >= 0.6 is 11.6 Å². The summed E-state index contributed by atoms with van der Waals surface area (Å²) < 4.78 is 5.02. The van der Waals surface area contributed by atoms with Gasteiger partial charge in [-0.1, -0.05) is 36.7 Å². The molecular weight excluding hydrogens is 234 g/mol. The summed E-state index contributed by atoms with van der Waals surface area (Å²) in [4.78, 5) is 0. The van der Waals surface area contributed by atoms with Gasteiger partial charge < -0.3 is 10.1 Å². The summed E-state index contributed by atoms with van der Waals surface area (Å²) in [6, 6.07) is 8.19. The normalized spacial score (nSPS) is 27.1. The molecule has 1 N–H and O–H groups in total. The fourth-order valence-corrected chi connectivity index (χ4v) is 2.81. The molecule has 3 heteroatoms. The molecule has 0 spiro atoms. The van der Waals surface area contributed by atoms with Gasteiger partial charge in [0.1, 0.15) is 0 Å². The molecule has 0 aromatic heterocycles. The Kier molecular flexibility index (Phi) is 4.08. The second-order valence-electron chi connectivity index (χ2n) is 5.00. The van der Waals surface area contributed by atoms with Gasteiger partial charge in [0.2, 0.25) is 0 Å². The minimum absolute atomic E-state index is 0.262. The molecule has 0 saturated heterocycles. The molecule has 1 fully saturated rings. The van der Waals surface area contributed by atoms with E-state index in [1.807, 2.05) is 12.1 Å². The minimum atomic E-state index is 0.262. The summed E-state index contributed by atoms with van der Waals surface area (Å²) in [6.07, 6.45) is 1.22. The van der Waals surface area contributed by atoms with Gasteiger partial charge in [0, 0.05) is 18.7 Å². The van der Waals surface area contributed by atoms with Crippen LogP contribution in [0.15, 0.2) is 24.3 Å². The van der Waals surface area contributed by atoms with Gasteiger partial charge >= 0.3 is 0 Å². The number of methoxy groups -OCH3 is 1. The summed E-state index contributed by atoms with van der Waals surface area (Å²) >= 11 is 6.26. The van der Waals surface area contributed by atoms with Crippen molar-refractivity contribution in [3.8, 4) is 0 Å². The molecule has 2 nitrogen and oxygen atoms in total. The highest BCUT2D eigenvalue weighted by Gasteiger charge is 2.51. The lowest BCUT2D eigenvalue weighted by molar-refractivity contribution is 0.199. The zero-order valence-electron chi connectivity index (χ0n) is 10.5. The second-order valence-corrected chi connectivity index (χ2v) is 5.40. The molecule has 1 aliphatic rings. The van der Waals surface area contributed by atoms with Crippen molar-refractivity contribution in [1.29, 1.82) is 0 Å². The molecular formula is C14H20ClNO. The molecule has 17 heavy (non-hydrogen) atoms. The summed E-state index contributed by atoms with van der Waals surface area (Å²) in [7, 11) is 1.73. The molecule has 1 aromatic carbocycles. The molecule has 0 amide bonds. The van der Waals surface area contributed by atoms with Crippen LogP contribution in [0, 0.1) is 5.92 Å². The predicted molar refractivity (Wildman–Crippen MR) is 71.7 cm³/mol. The third kappa shape index (κ3) is 2.82. The third-order valence-electron chi connectivity index (χ3n) is 3.77. The lowest BCUT2D eigenvalue weighted by atomic mass is 9.95. The van der Waals surface area contributed by atoms with E-state index in [0.29, 0.717) is 5.92 Å². The van der Waals surface area contributed by atoms with Crippen molar-refractivity contribution in [2.45, 2.75) is 18.8 Å². The van der Waals surface area contributed by atoms with Crippen molar-refractivity contribution in [2.24, 2.45) is 5.92 Å². The molecule has 0 aliphatic heterocycles. The van der Waals surface area contributed by atoms with Gasteiger partial charge in [0.25, 0.3) is 0 Å². The number of benzene rings is 1. The maximum absolute atomic E-state index is 6.26. The van der Waals surface area contributed by atoms with E-state index in [0.717, 1.165) is 24.7 Å². The van der Waals surface area contributed by atoms with Gasteiger partial charge in [0.05, 0.1) is 6.61 Å². The molecule has 0 radical (unpaired) electrons. The molecule has 1 aromatic rings. The molecule has 0 heterocycles. The summed E-state index contributed by atoms with van der Waals surface area (Å²) in [5.41, 5.74) is 1.55. The fourth-order valence-electron chi connectivity index (χ4n) is 2.46. The molecule has 1 saturated carbocycles. The molecule has 2 rings (SSSR count). The average molecular weight is 254 g/mol. The van der Waals surface area contributed by atoms with E-state index in [1.165, 1.54) is 12.0 Å². The largest absolute Gasteiger partial charge is 0.383 e. The zero-order valence-corrected chi connectivity index (χ0v) is 11.3. The number of halogens is 1. The Morgan fingerprint density at radius 2 is 2.24 bits per heavy atom. The SMILES string of the molecule is COCCNCC1CC1(C)c1ccccc1Cl. The van der Waals surface area contributed by atoms with Crippen LogP contribution in [0.1, 0.15) is 18.9 Å². The highest BCUT2D eigenvalue weighted by atomic mass is 35.5. The Bertz CT molecular complexity index is 382. The Hall–Kier alpha value is -0.570. The highest BCUT2D eigenvalue weighted by Crippen LogP contribution is 2.55. The van der Waals surface area contributed by atoms with E-state index in [1.54, 1.807) is 7.11 Å². The van der Waals surface area contributed by atoms with Crippen molar-refractivity contribution < 1.29 is 4.74 Å². The predicted octanol–water partition coefficient (Wildman–Crippen LogP) is 2.85. The Morgan fingerprint density at radius 1 is 1.47 bits per heavy atom. The van der Waals surface area contributed by atoms with Gasteiger partial charge in [-0.3, -0.25) is 0 Å². The second kappa shape index (κ2) is 5.38. The third-order valence-corrected chi connectivity index (χ3v) is 4.10. The van der Waals surface area contributed by atoms with Crippen LogP contribution in [-0.2, 0) is 10.2 Å². The van der Waals surface area contributed by atoms with Gasteiger partial charge in [-0.15, -0.1) is 0 Å². The van der Waals surface area contributed by atoms with Crippen LogP contribution in [0.25, 0.3) is 0 Å². The van der Waals surface area contributed by atoms with Crippen LogP contribution in [0.5, 0.6) is 0 Å². The van der Waals surface area contributed by atoms with E-state index in [-0.39, 0.29) is 5.41 Å². The maximum atomic E-state index is 6.26. The molecule has 94 valence electrons. The average Bonchev–Trinajstić information content (AvgIpc) is 2.98. The van der Waals surface area contributed by atoms with E-state index in [9.17, 15) is 0 Å². The van der Waals surface area contributed by atoms with Crippen LogP contribution in [-0.4, -0.2) is 26.8 Å². The Morgan fingerprint density at radius 3 is 2.94 bits per heavy atom. The van der Waals surface area contributed by atoms with E-state index in [2.05, 4.69) is 24.4 Å². The quantitative estimate of drug-likeness (QED) is 0.788. The number of hydrogen-bond acceptors (Lipinski definition) is 2. The van der Waals surface area contributed by atoms with Crippen LogP contribution in [0.2, 0.25) is 5.02 Å². The number of ether oxygens (including phenoxy) is 1. The first kappa shape index (κ1) is 12.9. The molecule has 2 atom stereocenters. The van der Waals surface area contributed by atoms with Crippen molar-refractivity contribution in [3.63, 3.8) is 0 Å². The van der Waals surface area contributed by atoms with Crippen molar-refractivity contribution in [1.82, 2.24) is 5.32 Å². The van der Waals surface area contributed by atoms with E-state index in [4.69, 9.17) is 16.3 Å². The zero-order chi connectivity index (χ0) is 12.3. The smallest absolute Gasteiger partial charge is 0.0587 e. The lowest BCUT2D eigenvalue weighted by Gasteiger charge is -2.14. The summed E-state index contributed by atoms with van der Waals surface area (Å²) in [5.74, 6) is 0.694. The standard InChI is InChI=1S/C14H20ClNO/c1-14(12-5-3-4-6-13(12)15)9-11(14)10-16-7-8-17-2/h3-6,11,16H,7-10H2,1-2H3. The molecule has 0 bridgehead atoms. The molecule has 2 unspecified atom stereocenters. The maximum Gasteiger partial charge on any atom is 0.0587 e. The van der Waals surface area contributed by atoms with Crippen LogP contribution in [0.4, 0.5) is 0 Å². The fraction of sp³-hybridized carbons (Fsp3) is 0.571. The summed E-state index contributed by atoms with van der Waals surface area (Å²) in [5, 5.41) is 4.32. The molecule has 1 aliphatic carbocycles. The summed E-state index contributed by atoms with van der Waals surface area (Å²) in [6.45, 7) is 5.04. The topological polar surface area (TPSA) is 21.3 Å². The Balaban J connectivity index is 1.89. The highest BCUT2D eigenvalue weighted by molar-refractivity contribution is 6.31. The first-order chi connectivity index (χ1) is 8.18.